The molecule has 2 aromatic carbocycles. The SMILES string of the molecule is CC(C)Cc1ccccc1B(O)O.CC(C)Cc1ccccc1Br. The Balaban J connectivity index is 0.000000243. The molecule has 2 aromatic rings. The van der Waals surface area contributed by atoms with E-state index in [0.29, 0.717) is 11.4 Å². The second kappa shape index (κ2) is 10.7. The molecular formula is C20H28BBrO2. The van der Waals surface area contributed by atoms with Crippen molar-refractivity contribution in [3.05, 3.63) is 64.1 Å². The van der Waals surface area contributed by atoms with Crippen molar-refractivity contribution in [3.63, 3.8) is 0 Å². The van der Waals surface area contributed by atoms with Gasteiger partial charge in [-0.25, -0.2) is 0 Å². The van der Waals surface area contributed by atoms with Crippen molar-refractivity contribution in [2.45, 2.75) is 40.5 Å². The molecule has 0 aliphatic rings. The van der Waals surface area contributed by atoms with Gasteiger partial charge in [0.25, 0.3) is 0 Å². The molecule has 0 spiro atoms. The Morgan fingerprint density at radius 1 is 0.792 bits per heavy atom. The van der Waals surface area contributed by atoms with E-state index in [9.17, 15) is 0 Å². The molecule has 0 atom stereocenters. The van der Waals surface area contributed by atoms with Crippen LogP contribution in [0.2, 0.25) is 0 Å². The molecule has 130 valence electrons. The van der Waals surface area contributed by atoms with Crippen LogP contribution in [0.15, 0.2) is 53.0 Å². The van der Waals surface area contributed by atoms with E-state index >= 15 is 0 Å². The molecular weight excluding hydrogens is 363 g/mol. The fraction of sp³-hybridized carbons (Fsp3) is 0.400. The van der Waals surface area contributed by atoms with Crippen LogP contribution in [-0.4, -0.2) is 17.2 Å². The maximum absolute atomic E-state index is 9.07. The van der Waals surface area contributed by atoms with Crippen molar-refractivity contribution in [2.24, 2.45) is 11.8 Å². The van der Waals surface area contributed by atoms with Crippen molar-refractivity contribution >= 4 is 28.5 Å². The molecule has 0 saturated heterocycles. The summed E-state index contributed by atoms with van der Waals surface area (Å²) in [5.41, 5.74) is 3.05. The average Bonchev–Trinajstić information content (AvgIpc) is 2.49. The van der Waals surface area contributed by atoms with E-state index in [1.165, 1.54) is 10.0 Å². The normalized spacial score (nSPS) is 10.5. The first-order valence-corrected chi connectivity index (χ1v) is 9.27. The topological polar surface area (TPSA) is 40.5 Å². The first kappa shape index (κ1) is 20.9. The summed E-state index contributed by atoms with van der Waals surface area (Å²) in [5, 5.41) is 18.1. The van der Waals surface area contributed by atoms with Gasteiger partial charge >= 0.3 is 7.12 Å². The minimum Gasteiger partial charge on any atom is -0.423 e. The zero-order chi connectivity index (χ0) is 18.1. The van der Waals surface area contributed by atoms with E-state index in [2.05, 4.69) is 61.8 Å². The van der Waals surface area contributed by atoms with Crippen LogP contribution in [0, 0.1) is 11.8 Å². The van der Waals surface area contributed by atoms with Crippen LogP contribution < -0.4 is 5.46 Å². The Labute approximate surface area is 155 Å². The maximum atomic E-state index is 9.07. The van der Waals surface area contributed by atoms with E-state index in [4.69, 9.17) is 10.0 Å². The zero-order valence-electron chi connectivity index (χ0n) is 15.0. The van der Waals surface area contributed by atoms with Gasteiger partial charge in [0.2, 0.25) is 0 Å². The van der Waals surface area contributed by atoms with Crippen LogP contribution in [-0.2, 0) is 12.8 Å². The standard InChI is InChI=1S/C10H15BO2.C10H13Br/c1-8(2)7-9-5-3-4-6-10(9)11(12)13;1-8(2)7-9-5-3-4-6-10(9)11/h3-6,8,12-13H,7H2,1-2H3;3-6,8H,7H2,1-2H3. The molecule has 0 heterocycles. The summed E-state index contributed by atoms with van der Waals surface area (Å²) in [6, 6.07) is 15.8. The highest BCUT2D eigenvalue weighted by Crippen LogP contribution is 2.18. The van der Waals surface area contributed by atoms with Gasteiger partial charge in [0, 0.05) is 4.47 Å². The van der Waals surface area contributed by atoms with Gasteiger partial charge in [0.1, 0.15) is 0 Å². The summed E-state index contributed by atoms with van der Waals surface area (Å²) in [6.45, 7) is 8.69. The Kier molecular flexibility index (Phi) is 9.34. The Hall–Kier alpha value is -1.10. The van der Waals surface area contributed by atoms with Gasteiger partial charge in [0.05, 0.1) is 0 Å². The number of hydrogen-bond acceptors (Lipinski definition) is 2. The van der Waals surface area contributed by atoms with Crippen molar-refractivity contribution in [1.82, 2.24) is 0 Å². The third-order valence-corrected chi connectivity index (χ3v) is 4.32. The molecule has 0 amide bonds. The summed E-state index contributed by atoms with van der Waals surface area (Å²) in [5.74, 6) is 1.26. The predicted octanol–water partition coefficient (Wildman–Crippen LogP) is 4.21. The highest BCUT2D eigenvalue weighted by Gasteiger charge is 2.15. The van der Waals surface area contributed by atoms with Crippen LogP contribution in [0.5, 0.6) is 0 Å². The van der Waals surface area contributed by atoms with Gasteiger partial charge in [0.15, 0.2) is 0 Å². The smallest absolute Gasteiger partial charge is 0.423 e. The summed E-state index contributed by atoms with van der Waals surface area (Å²) < 4.78 is 1.23. The number of halogens is 1. The minimum atomic E-state index is -1.35. The van der Waals surface area contributed by atoms with Gasteiger partial charge in [-0.05, 0) is 47.3 Å². The van der Waals surface area contributed by atoms with Crippen molar-refractivity contribution in [2.75, 3.05) is 0 Å². The maximum Gasteiger partial charge on any atom is 0.488 e. The van der Waals surface area contributed by atoms with Crippen LogP contribution in [0.4, 0.5) is 0 Å². The van der Waals surface area contributed by atoms with Crippen molar-refractivity contribution in [1.29, 1.82) is 0 Å². The Bertz CT molecular complexity index is 612. The molecule has 0 aliphatic carbocycles. The Morgan fingerprint density at radius 3 is 1.75 bits per heavy atom. The molecule has 0 unspecified atom stereocenters. The van der Waals surface area contributed by atoms with Gasteiger partial charge in [-0.3, -0.25) is 0 Å². The minimum absolute atomic E-state index is 0.528. The molecule has 0 fully saturated rings. The summed E-state index contributed by atoms with van der Waals surface area (Å²) >= 11 is 3.52. The second-order valence-corrected chi connectivity index (χ2v) is 7.71. The molecule has 2 N–H and O–H groups in total. The lowest BCUT2D eigenvalue weighted by atomic mass is 9.75. The fourth-order valence-electron chi connectivity index (χ4n) is 2.52. The molecule has 2 nitrogen and oxygen atoms in total. The summed E-state index contributed by atoms with van der Waals surface area (Å²) in [4.78, 5) is 0. The van der Waals surface area contributed by atoms with Crippen molar-refractivity contribution < 1.29 is 10.0 Å². The van der Waals surface area contributed by atoms with Gasteiger partial charge in [-0.15, -0.1) is 0 Å². The molecule has 0 aliphatic heterocycles. The highest BCUT2D eigenvalue weighted by atomic mass is 79.9. The lowest BCUT2D eigenvalue weighted by molar-refractivity contribution is 0.425. The van der Waals surface area contributed by atoms with Gasteiger partial charge in [-0.1, -0.05) is 86.1 Å². The Morgan fingerprint density at radius 2 is 1.25 bits per heavy atom. The summed E-state index contributed by atoms with van der Waals surface area (Å²) in [7, 11) is -1.35. The quantitative estimate of drug-likeness (QED) is 0.750. The molecule has 0 bridgehead atoms. The van der Waals surface area contributed by atoms with Gasteiger partial charge < -0.3 is 10.0 Å². The third-order valence-electron chi connectivity index (χ3n) is 3.55. The van der Waals surface area contributed by atoms with E-state index in [1.807, 2.05) is 24.3 Å². The first-order valence-electron chi connectivity index (χ1n) is 8.48. The van der Waals surface area contributed by atoms with E-state index < -0.39 is 7.12 Å². The largest absolute Gasteiger partial charge is 0.488 e. The molecule has 4 heteroatoms. The predicted molar refractivity (Wildman–Crippen MR) is 107 cm³/mol. The fourth-order valence-corrected chi connectivity index (χ4v) is 2.96. The molecule has 0 saturated carbocycles. The first-order chi connectivity index (χ1) is 11.3. The van der Waals surface area contributed by atoms with E-state index in [1.54, 1.807) is 6.07 Å². The van der Waals surface area contributed by atoms with Crippen LogP contribution in [0.1, 0.15) is 38.8 Å². The van der Waals surface area contributed by atoms with Crippen LogP contribution in [0.25, 0.3) is 0 Å². The number of benzene rings is 2. The average molecular weight is 391 g/mol. The van der Waals surface area contributed by atoms with E-state index in [-0.39, 0.29) is 0 Å². The summed E-state index contributed by atoms with van der Waals surface area (Å²) in [6.07, 6.45) is 2.04. The number of rotatable bonds is 5. The van der Waals surface area contributed by atoms with Gasteiger partial charge in [-0.2, -0.15) is 0 Å². The monoisotopic (exact) mass is 390 g/mol. The third kappa shape index (κ3) is 7.65. The lowest BCUT2D eigenvalue weighted by Crippen LogP contribution is -2.33. The molecule has 0 radical (unpaired) electrons. The molecule has 0 aromatic heterocycles. The second-order valence-electron chi connectivity index (χ2n) is 6.86. The van der Waals surface area contributed by atoms with E-state index in [0.717, 1.165) is 24.3 Å². The highest BCUT2D eigenvalue weighted by molar-refractivity contribution is 9.10. The number of hydrogen-bond donors (Lipinski definition) is 2. The van der Waals surface area contributed by atoms with Crippen molar-refractivity contribution in [3.8, 4) is 0 Å². The zero-order valence-corrected chi connectivity index (χ0v) is 16.6. The molecule has 2 rings (SSSR count). The molecule has 24 heavy (non-hydrogen) atoms. The lowest BCUT2D eigenvalue weighted by Gasteiger charge is -2.10. The van der Waals surface area contributed by atoms with Crippen LogP contribution in [0.3, 0.4) is 0 Å². The van der Waals surface area contributed by atoms with Crippen LogP contribution >= 0.6 is 15.9 Å².